The van der Waals surface area contributed by atoms with Crippen LogP contribution in [0.1, 0.15) is 97.6 Å². The van der Waals surface area contributed by atoms with Crippen molar-refractivity contribution in [3.8, 4) is 11.5 Å². The zero-order valence-electron chi connectivity index (χ0n) is 55.5. The Morgan fingerprint density at radius 3 is 1.32 bits per heavy atom. The summed E-state index contributed by atoms with van der Waals surface area (Å²) in [4.78, 5) is 192. The molecule has 0 bridgehead atoms. The predicted octanol–water partition coefficient (Wildman–Crippen LogP) is -7.17. The summed E-state index contributed by atoms with van der Waals surface area (Å²) < 4.78 is 0. The smallest absolute Gasteiger partial charge is 0.326 e. The predicted molar refractivity (Wildman–Crippen MR) is 355 cm³/mol. The average molecular weight is 1420 g/mol. The highest BCUT2D eigenvalue weighted by molar-refractivity contribution is 7.80. The lowest BCUT2D eigenvalue weighted by Crippen LogP contribution is -2.62. The van der Waals surface area contributed by atoms with Gasteiger partial charge in [-0.25, -0.2) is 4.79 Å². The lowest BCUT2D eigenvalue weighted by molar-refractivity contribution is -0.143. The number of carbonyl (C=O) groups excluding carboxylic acids is 12. The summed E-state index contributed by atoms with van der Waals surface area (Å²) in [5.41, 5.74) is 22.7. The first-order valence-electron chi connectivity index (χ1n) is 31.4. The van der Waals surface area contributed by atoms with Crippen LogP contribution in [-0.4, -0.2) is 229 Å². The fourth-order valence-electron chi connectivity index (χ4n) is 9.16. The van der Waals surface area contributed by atoms with E-state index in [0.717, 1.165) is 6.92 Å². The zero-order chi connectivity index (χ0) is 75.0. The number of hydrogen-bond acceptors (Lipinski definition) is 22. The maximum absolute atomic E-state index is 14.5. The number of aliphatic imine (C=N–C) groups is 1. The molecule has 2 rings (SSSR count). The summed E-state index contributed by atoms with van der Waals surface area (Å²) in [6.45, 7) is 6.57. The number of nitrogens with two attached hydrogens (primary N) is 4. The van der Waals surface area contributed by atoms with Crippen molar-refractivity contribution >= 4 is 101 Å². The van der Waals surface area contributed by atoms with Crippen LogP contribution in [0, 0.1) is 11.8 Å². The Hall–Kier alpha value is -9.92. The van der Waals surface area contributed by atoms with Gasteiger partial charge in [-0.05, 0) is 86.8 Å². The molecule has 0 saturated carbocycles. The van der Waals surface area contributed by atoms with Crippen LogP contribution in [0.4, 0.5) is 0 Å². The summed E-state index contributed by atoms with van der Waals surface area (Å²) in [5, 5.41) is 95.6. The van der Waals surface area contributed by atoms with Crippen molar-refractivity contribution in [2.24, 2.45) is 39.8 Å². The number of phenolic OH excluding ortho intramolecular Hbond substituents is 2. The number of carboxylic acids is 2. The van der Waals surface area contributed by atoms with E-state index >= 15 is 0 Å². The van der Waals surface area contributed by atoms with E-state index in [0.29, 0.717) is 11.1 Å². The molecule has 14 atom stereocenters. The van der Waals surface area contributed by atoms with Gasteiger partial charge in [0.1, 0.15) is 84.0 Å². The molecule has 0 heterocycles. The highest BCUT2D eigenvalue weighted by atomic mass is 32.1. The van der Waals surface area contributed by atoms with Crippen molar-refractivity contribution < 1.29 is 103 Å². The lowest BCUT2D eigenvalue weighted by atomic mass is 9.96. The maximum Gasteiger partial charge on any atom is 0.326 e. The van der Waals surface area contributed by atoms with Crippen molar-refractivity contribution in [1.82, 2.24) is 58.5 Å². The molecule has 37 nitrogen and oxygen atoms in total. The molecular formula is C61H94N16O21S. The fourth-order valence-corrected chi connectivity index (χ4v) is 9.42. The number of carbonyl (C=O) groups is 14. The quantitative estimate of drug-likeness (QED) is 0.0127. The van der Waals surface area contributed by atoms with E-state index in [1.54, 1.807) is 20.8 Å². The molecule has 99 heavy (non-hydrogen) atoms. The number of guanidine groups is 1. The Morgan fingerprint density at radius 2 is 0.889 bits per heavy atom. The van der Waals surface area contributed by atoms with Crippen LogP contribution < -0.4 is 81.4 Å². The normalized spacial score (nSPS) is 15.3. The summed E-state index contributed by atoms with van der Waals surface area (Å²) in [6, 6.07) is -9.14. The van der Waals surface area contributed by atoms with Gasteiger partial charge in [0.2, 0.25) is 70.9 Å². The third-order valence-corrected chi connectivity index (χ3v) is 15.4. The second-order valence-electron chi connectivity index (χ2n) is 23.7. The van der Waals surface area contributed by atoms with E-state index in [1.807, 2.05) is 0 Å². The van der Waals surface area contributed by atoms with Crippen molar-refractivity contribution in [2.75, 3.05) is 25.5 Å². The van der Waals surface area contributed by atoms with Crippen LogP contribution in [0.2, 0.25) is 0 Å². The van der Waals surface area contributed by atoms with Gasteiger partial charge in [0.05, 0.1) is 25.7 Å². The Morgan fingerprint density at radius 1 is 0.495 bits per heavy atom. The standard InChI is InChI=1S/C61H94N16O21S/c1-7-29(4)48(59(96)72-39(23-33-12-16-35(82)17-13-33)53(90)75-43(26-79)56(93)70-38(22-32-10-14-34(81)15-11-32)52(89)73-41(60(97)98)21-28(2)3)77-54(91)40(24-45(62)83)71-51(88)37(18-19-46(84)85)69-55(92)42(25-78)74-49(86)30(5)67-50(87)36(9-8-20-66-61(64)65)68-57(94)44(27-99)76-58(95)47(63)31(6)80/h10-17,28-31,36-44,47-48,78-82,99H,7-9,18-27,63H2,1-6H3,(H2,62,83)(H,67,87)(H,68,94)(H,69,92)(H,70,93)(H,71,88)(H,72,96)(H,73,89)(H,74,86)(H,75,90)(H,76,95)(H,77,91)(H,84,85)(H,97,98)(H4,64,65,66)/t29-,30-,31+,36-,37-,38-,39-,40-,41-,42-,43-,44-,47-,48-/m0/s1. The molecule has 38 heteroatoms. The molecule has 0 aliphatic carbocycles. The number of aliphatic hydroxyl groups excluding tert-OH is 3. The van der Waals surface area contributed by atoms with Crippen LogP contribution in [0.3, 0.4) is 0 Å². The van der Waals surface area contributed by atoms with Gasteiger partial charge >= 0.3 is 11.9 Å². The fraction of sp³-hybridized carbons (Fsp3) is 0.557. The molecule has 26 N–H and O–H groups in total. The Kier molecular flexibility index (Phi) is 36.7. The Balaban J connectivity index is 2.45. The van der Waals surface area contributed by atoms with Crippen LogP contribution >= 0.6 is 12.6 Å². The molecule has 0 saturated heterocycles. The number of aliphatic hydroxyl groups is 3. The largest absolute Gasteiger partial charge is 0.508 e. The number of carboxylic acid groups (broad SMARTS) is 2. The van der Waals surface area contributed by atoms with E-state index in [1.165, 1.54) is 62.4 Å². The number of nitrogens with zero attached hydrogens (tertiary/aromatic N) is 1. The molecule has 0 fully saturated rings. The molecule has 2 aromatic rings. The van der Waals surface area contributed by atoms with Gasteiger partial charge in [0, 0.05) is 31.6 Å². The van der Waals surface area contributed by atoms with Gasteiger partial charge in [-0.3, -0.25) is 67.3 Å². The lowest BCUT2D eigenvalue weighted by Gasteiger charge is -2.29. The van der Waals surface area contributed by atoms with Gasteiger partial charge in [-0.1, -0.05) is 58.4 Å². The number of primary amides is 1. The molecule has 0 spiro atoms. The van der Waals surface area contributed by atoms with Crippen LogP contribution in [-0.2, 0) is 80.0 Å². The summed E-state index contributed by atoms with van der Waals surface area (Å²) in [6.07, 6.45) is -4.52. The summed E-state index contributed by atoms with van der Waals surface area (Å²) in [7, 11) is 0. The van der Waals surface area contributed by atoms with Crippen molar-refractivity contribution in [3.63, 3.8) is 0 Å². The summed E-state index contributed by atoms with van der Waals surface area (Å²) >= 11 is 4.08. The van der Waals surface area contributed by atoms with E-state index < -0.39 is 206 Å². The van der Waals surface area contributed by atoms with Gasteiger partial charge in [0.15, 0.2) is 5.96 Å². The molecule has 0 aliphatic heterocycles. The minimum Gasteiger partial charge on any atom is -0.508 e. The van der Waals surface area contributed by atoms with Gasteiger partial charge in [0.25, 0.3) is 0 Å². The first-order chi connectivity index (χ1) is 46.4. The third-order valence-electron chi connectivity index (χ3n) is 15.1. The monoisotopic (exact) mass is 1420 g/mol. The van der Waals surface area contributed by atoms with Crippen LogP contribution in [0.15, 0.2) is 53.5 Å². The van der Waals surface area contributed by atoms with Crippen molar-refractivity contribution in [1.29, 1.82) is 0 Å². The Bertz CT molecular complexity index is 3140. The minimum atomic E-state index is -2.00. The number of amides is 12. The van der Waals surface area contributed by atoms with Gasteiger partial charge < -0.3 is 117 Å². The number of thiol groups is 1. The molecule has 0 aromatic heterocycles. The number of aromatic hydroxyl groups is 2. The average Bonchev–Trinajstić information content (AvgIpc) is 0.855. The van der Waals surface area contributed by atoms with Gasteiger partial charge in [-0.15, -0.1) is 0 Å². The number of nitrogens with one attached hydrogen (secondary N) is 11. The van der Waals surface area contributed by atoms with Crippen LogP contribution in [0.25, 0.3) is 0 Å². The number of phenols is 2. The van der Waals surface area contributed by atoms with Crippen LogP contribution in [0.5, 0.6) is 11.5 Å². The zero-order valence-corrected chi connectivity index (χ0v) is 56.4. The maximum atomic E-state index is 14.5. The van der Waals surface area contributed by atoms with Crippen molar-refractivity contribution in [3.05, 3.63) is 59.7 Å². The molecular weight excluding hydrogens is 1320 g/mol. The molecule has 0 unspecified atom stereocenters. The number of benzene rings is 2. The van der Waals surface area contributed by atoms with E-state index in [2.05, 4.69) is 76.1 Å². The number of hydrogen-bond donors (Lipinski definition) is 23. The molecule has 0 aliphatic rings. The SMILES string of the molecule is CC[C@H](C)[C@H](NC(=O)[C@H](CC(N)=O)NC(=O)[C@H](CCC(=O)O)NC(=O)[C@H](CO)NC(=O)[C@H](C)NC(=O)[C@H](CCCN=C(N)N)NC(=O)[C@H](CS)NC(=O)[C@@H](N)[C@@H](C)O)C(=O)N[C@@H](Cc1ccc(O)cc1)C(=O)N[C@@H](CO)C(=O)N[C@@H](Cc1ccc(O)cc1)C(=O)N[C@@H](CC(C)C)C(=O)O. The minimum absolute atomic E-state index is 0.000249. The van der Waals surface area contributed by atoms with E-state index in [9.17, 15) is 103 Å². The molecule has 0 radical (unpaired) electrons. The molecule has 12 amide bonds. The highest BCUT2D eigenvalue weighted by Gasteiger charge is 2.38. The molecule has 2 aromatic carbocycles. The second-order valence-corrected chi connectivity index (χ2v) is 24.1. The van der Waals surface area contributed by atoms with E-state index in [-0.39, 0.29) is 67.8 Å². The third kappa shape index (κ3) is 30.6. The second kappa shape index (κ2) is 42.7. The molecule has 550 valence electrons. The van der Waals surface area contributed by atoms with Crippen molar-refractivity contribution in [2.45, 2.75) is 178 Å². The number of aliphatic carboxylic acids is 2. The Labute approximate surface area is 575 Å². The van der Waals surface area contributed by atoms with Gasteiger partial charge in [-0.2, -0.15) is 12.6 Å². The highest BCUT2D eigenvalue weighted by Crippen LogP contribution is 2.17. The first kappa shape index (κ1) is 85.2. The number of rotatable bonds is 44. The first-order valence-corrected chi connectivity index (χ1v) is 32.0. The topological polar surface area (TPSA) is 629 Å². The summed E-state index contributed by atoms with van der Waals surface area (Å²) in [5.74, 6) is -18.3. The van der Waals surface area contributed by atoms with E-state index in [4.69, 9.17) is 22.9 Å².